The minimum atomic E-state index is -0.0730. The van der Waals surface area contributed by atoms with Crippen LogP contribution in [0, 0.1) is 0 Å². The fourth-order valence-electron chi connectivity index (χ4n) is 0.551. The molecule has 0 aromatic rings. The maximum absolute atomic E-state index is 10.7. The van der Waals surface area contributed by atoms with Crippen molar-refractivity contribution >= 4 is 5.78 Å². The molecule has 1 heteroatoms. The van der Waals surface area contributed by atoms with Gasteiger partial charge in [0.2, 0.25) is 0 Å². The van der Waals surface area contributed by atoms with Gasteiger partial charge in [-0.3, -0.25) is 4.79 Å². The Bertz CT molecular complexity index is 219. The van der Waals surface area contributed by atoms with E-state index in [-0.39, 0.29) is 5.78 Å². The molecule has 0 atom stereocenters. The van der Waals surface area contributed by atoms with E-state index in [0.29, 0.717) is 0 Å². The molecule has 0 aliphatic rings. The molecule has 0 aliphatic carbocycles. The minimum absolute atomic E-state index is 0.0730. The van der Waals surface area contributed by atoms with E-state index in [1.165, 1.54) is 12.2 Å². The number of rotatable bonds is 4. The van der Waals surface area contributed by atoms with Crippen molar-refractivity contribution < 1.29 is 4.79 Å². The van der Waals surface area contributed by atoms with Crippen LogP contribution in [-0.2, 0) is 4.79 Å². The molecule has 0 amide bonds. The van der Waals surface area contributed by atoms with Crippen LogP contribution in [0.4, 0.5) is 0 Å². The highest BCUT2D eigenvalue weighted by molar-refractivity contribution is 5.99. The molecule has 0 aliphatic heterocycles. The average Bonchev–Trinajstić information content (AvgIpc) is 2.00. The van der Waals surface area contributed by atoms with Crippen molar-refractivity contribution in [3.63, 3.8) is 0 Å². The van der Waals surface area contributed by atoms with E-state index in [9.17, 15) is 4.79 Å². The van der Waals surface area contributed by atoms with Gasteiger partial charge in [-0.2, -0.15) is 0 Å². The van der Waals surface area contributed by atoms with Gasteiger partial charge in [-0.05, 0) is 24.6 Å². The van der Waals surface area contributed by atoms with Crippen molar-refractivity contribution in [3.05, 3.63) is 49.1 Å². The molecule has 0 unspecified atom stereocenters. The highest BCUT2D eigenvalue weighted by atomic mass is 16.1. The number of hydrogen-bond donors (Lipinski definition) is 0. The van der Waals surface area contributed by atoms with Gasteiger partial charge in [-0.15, -0.1) is 0 Å². The highest BCUT2D eigenvalue weighted by Gasteiger charge is 1.87. The first-order valence-electron chi connectivity index (χ1n) is 3.34. The van der Waals surface area contributed by atoms with E-state index in [2.05, 4.69) is 13.2 Å². The molecular formula is C10H12O. The fourth-order valence-corrected chi connectivity index (χ4v) is 0.551. The van der Waals surface area contributed by atoms with E-state index in [0.717, 1.165) is 5.57 Å². The second-order valence-electron chi connectivity index (χ2n) is 2.09. The zero-order chi connectivity index (χ0) is 8.69. The molecular weight excluding hydrogens is 136 g/mol. The molecule has 58 valence electrons. The smallest absolute Gasteiger partial charge is 0.178 e. The number of hydrogen-bond acceptors (Lipinski definition) is 1. The van der Waals surface area contributed by atoms with Crippen LogP contribution in [0.2, 0.25) is 0 Å². The van der Waals surface area contributed by atoms with Gasteiger partial charge in [-0.25, -0.2) is 0 Å². The van der Waals surface area contributed by atoms with E-state index >= 15 is 0 Å². The van der Waals surface area contributed by atoms with Gasteiger partial charge in [0.25, 0.3) is 0 Å². The van der Waals surface area contributed by atoms with Gasteiger partial charge in [-0.1, -0.05) is 31.4 Å². The molecule has 0 aromatic carbocycles. The average molecular weight is 148 g/mol. The summed E-state index contributed by atoms with van der Waals surface area (Å²) in [6.45, 7) is 8.72. The van der Waals surface area contributed by atoms with Crippen LogP contribution in [0.5, 0.6) is 0 Å². The summed E-state index contributed by atoms with van der Waals surface area (Å²) in [7, 11) is 0. The van der Waals surface area contributed by atoms with E-state index in [1.807, 2.05) is 13.0 Å². The largest absolute Gasteiger partial charge is 0.290 e. The summed E-state index contributed by atoms with van der Waals surface area (Å²) in [5.41, 5.74) is 0.898. The Kier molecular flexibility index (Phi) is 4.74. The molecule has 0 N–H and O–H groups in total. The Morgan fingerprint density at radius 1 is 1.36 bits per heavy atom. The lowest BCUT2D eigenvalue weighted by atomic mass is 10.2. The Hall–Kier alpha value is -1.37. The summed E-state index contributed by atoms with van der Waals surface area (Å²) in [4.78, 5) is 10.7. The number of carbonyl (C=O) groups is 1. The zero-order valence-electron chi connectivity index (χ0n) is 6.71. The predicted octanol–water partition coefficient (Wildman–Crippen LogP) is 2.43. The second-order valence-corrected chi connectivity index (χ2v) is 2.09. The molecule has 0 radical (unpaired) electrons. The quantitative estimate of drug-likeness (QED) is 0.442. The molecule has 0 bridgehead atoms. The number of allylic oxidation sites excluding steroid dienone is 6. The molecule has 0 saturated carbocycles. The van der Waals surface area contributed by atoms with Crippen LogP contribution in [0.15, 0.2) is 49.1 Å². The summed E-state index contributed by atoms with van der Waals surface area (Å²) < 4.78 is 0. The fraction of sp³-hybridized carbons (Fsp3) is 0.100. The summed E-state index contributed by atoms with van der Waals surface area (Å²) >= 11 is 0. The van der Waals surface area contributed by atoms with Crippen molar-refractivity contribution in [2.75, 3.05) is 0 Å². The second kappa shape index (κ2) is 5.42. The first kappa shape index (κ1) is 9.63. The maximum Gasteiger partial charge on any atom is 0.178 e. The normalized spacial score (nSPS) is 11.5. The van der Waals surface area contributed by atoms with Crippen LogP contribution in [0.3, 0.4) is 0 Å². The lowest BCUT2D eigenvalue weighted by Crippen LogP contribution is -1.84. The van der Waals surface area contributed by atoms with Crippen LogP contribution in [0.1, 0.15) is 6.92 Å². The molecule has 0 spiro atoms. The zero-order valence-corrected chi connectivity index (χ0v) is 6.71. The van der Waals surface area contributed by atoms with Crippen molar-refractivity contribution in [1.29, 1.82) is 0 Å². The van der Waals surface area contributed by atoms with Crippen molar-refractivity contribution in [1.82, 2.24) is 0 Å². The third kappa shape index (κ3) is 5.09. The van der Waals surface area contributed by atoms with E-state index in [1.54, 1.807) is 12.2 Å². The SMILES string of the molecule is C=CC=CC(C)=CC(=O)C=C. The van der Waals surface area contributed by atoms with Crippen molar-refractivity contribution in [2.24, 2.45) is 0 Å². The topological polar surface area (TPSA) is 17.1 Å². The lowest BCUT2D eigenvalue weighted by molar-refractivity contribution is -0.110. The standard InChI is InChI=1S/C10H12O/c1-4-6-7-9(3)8-10(11)5-2/h4-8H,1-2H2,3H3. The maximum atomic E-state index is 10.7. The predicted molar refractivity (Wildman–Crippen MR) is 48.3 cm³/mol. The minimum Gasteiger partial charge on any atom is -0.290 e. The van der Waals surface area contributed by atoms with Crippen molar-refractivity contribution in [2.45, 2.75) is 6.92 Å². The monoisotopic (exact) mass is 148 g/mol. The van der Waals surface area contributed by atoms with Crippen LogP contribution in [0.25, 0.3) is 0 Å². The van der Waals surface area contributed by atoms with Gasteiger partial charge >= 0.3 is 0 Å². The Labute approximate surface area is 67.4 Å². The summed E-state index contributed by atoms with van der Waals surface area (Å²) in [6.07, 6.45) is 8.06. The first-order chi connectivity index (χ1) is 5.20. The molecule has 0 heterocycles. The Morgan fingerprint density at radius 3 is 2.45 bits per heavy atom. The van der Waals surface area contributed by atoms with Gasteiger partial charge < -0.3 is 0 Å². The van der Waals surface area contributed by atoms with Crippen LogP contribution in [-0.4, -0.2) is 5.78 Å². The Morgan fingerprint density at radius 2 is 2.00 bits per heavy atom. The van der Waals surface area contributed by atoms with Crippen LogP contribution >= 0.6 is 0 Å². The molecule has 0 rings (SSSR count). The summed E-state index contributed by atoms with van der Waals surface area (Å²) in [5.74, 6) is -0.0730. The lowest BCUT2D eigenvalue weighted by Gasteiger charge is -1.86. The number of carbonyl (C=O) groups excluding carboxylic acids is 1. The van der Waals surface area contributed by atoms with Crippen LogP contribution < -0.4 is 0 Å². The first-order valence-corrected chi connectivity index (χ1v) is 3.34. The van der Waals surface area contributed by atoms with Gasteiger partial charge in [0.05, 0.1) is 0 Å². The molecule has 0 fully saturated rings. The molecule has 11 heavy (non-hydrogen) atoms. The Balaban J connectivity index is 4.21. The summed E-state index contributed by atoms with van der Waals surface area (Å²) in [5, 5.41) is 0. The third-order valence-corrected chi connectivity index (χ3v) is 1.07. The van der Waals surface area contributed by atoms with Gasteiger partial charge in [0, 0.05) is 0 Å². The molecule has 1 nitrogen and oxygen atoms in total. The molecule has 0 saturated heterocycles. The van der Waals surface area contributed by atoms with Gasteiger partial charge in [0.1, 0.15) is 0 Å². The van der Waals surface area contributed by atoms with E-state index < -0.39 is 0 Å². The highest BCUT2D eigenvalue weighted by Crippen LogP contribution is 1.95. The molecule has 0 aromatic heterocycles. The van der Waals surface area contributed by atoms with Crippen molar-refractivity contribution in [3.8, 4) is 0 Å². The number of ketones is 1. The third-order valence-electron chi connectivity index (χ3n) is 1.07. The summed E-state index contributed by atoms with van der Waals surface area (Å²) in [6, 6.07) is 0. The van der Waals surface area contributed by atoms with E-state index in [4.69, 9.17) is 0 Å². The van der Waals surface area contributed by atoms with Gasteiger partial charge in [0.15, 0.2) is 5.78 Å².